The van der Waals surface area contributed by atoms with Crippen LogP contribution in [0.15, 0.2) is 60.9 Å². The lowest BCUT2D eigenvalue weighted by Crippen LogP contribution is -1.86. The van der Waals surface area contributed by atoms with Crippen molar-refractivity contribution in [2.24, 2.45) is 7.05 Å². The molecule has 2 aromatic carbocycles. The van der Waals surface area contributed by atoms with Crippen LogP contribution < -0.4 is 4.74 Å². The van der Waals surface area contributed by atoms with Crippen molar-refractivity contribution in [3.63, 3.8) is 0 Å². The Labute approximate surface area is 128 Å². The van der Waals surface area contributed by atoms with Gasteiger partial charge in [-0.1, -0.05) is 0 Å². The number of hydrogen-bond acceptors (Lipinski definition) is 2. The lowest BCUT2D eigenvalue weighted by Gasteiger charge is -2.00. The summed E-state index contributed by atoms with van der Waals surface area (Å²) in [5.41, 5.74) is 2.18. The fourth-order valence-corrected chi connectivity index (χ4v) is 2.41. The molecule has 0 saturated heterocycles. The van der Waals surface area contributed by atoms with E-state index >= 15 is 0 Å². The number of aromatic nitrogens is 2. The summed E-state index contributed by atoms with van der Waals surface area (Å²) in [4.78, 5) is 3.00. The van der Waals surface area contributed by atoms with Crippen molar-refractivity contribution in [2.75, 3.05) is 7.11 Å². The first-order chi connectivity index (χ1) is 10.7. The normalized spacial score (nSPS) is 10.5. The first-order valence-electron chi connectivity index (χ1n) is 7.02. The minimum atomic E-state index is 0.301. The van der Waals surface area contributed by atoms with Crippen LogP contribution >= 0.6 is 0 Å². The summed E-state index contributed by atoms with van der Waals surface area (Å²) in [6, 6.07) is 15.4. The number of aromatic amines is 1. The van der Waals surface area contributed by atoms with Crippen LogP contribution in [0.1, 0.15) is 0 Å². The molecule has 0 aliphatic rings. The molecule has 4 nitrogen and oxygen atoms in total. The largest absolute Gasteiger partial charge is 0.508 e. The summed E-state index contributed by atoms with van der Waals surface area (Å²) in [6.45, 7) is 0. The Morgan fingerprint density at radius 3 is 2.64 bits per heavy atom. The molecular weight excluding hydrogens is 276 g/mol. The number of hydrogen-bond donors (Lipinski definition) is 2. The molecule has 0 spiro atoms. The number of nitrogens with one attached hydrogen (secondary N) is 1. The second-order valence-electron chi connectivity index (χ2n) is 5.10. The fourth-order valence-electron chi connectivity index (χ4n) is 2.41. The SMILES string of the molecule is COc1ccc2ccn(C)c2c1.Oc1ccc2cc[nH]c2c1. The first kappa shape index (κ1) is 14.1. The van der Waals surface area contributed by atoms with Crippen molar-refractivity contribution < 1.29 is 9.84 Å². The Morgan fingerprint density at radius 2 is 1.82 bits per heavy atom. The predicted molar refractivity (Wildman–Crippen MR) is 89.4 cm³/mol. The highest BCUT2D eigenvalue weighted by Crippen LogP contribution is 2.20. The zero-order valence-corrected chi connectivity index (χ0v) is 12.6. The number of rotatable bonds is 1. The number of methoxy groups -OCH3 is 1. The molecule has 0 saturated carbocycles. The lowest BCUT2D eigenvalue weighted by atomic mass is 10.2. The molecular formula is C18H18N2O2. The highest BCUT2D eigenvalue weighted by Gasteiger charge is 1.98. The number of aryl methyl sites for hydroxylation is 1. The predicted octanol–water partition coefficient (Wildman–Crippen LogP) is 4.06. The summed E-state index contributed by atoms with van der Waals surface area (Å²) in [5.74, 6) is 1.21. The van der Waals surface area contributed by atoms with Crippen LogP contribution in [-0.4, -0.2) is 21.8 Å². The standard InChI is InChI=1S/C10H11NO.C8H7NO/c1-11-6-5-8-3-4-9(12-2)7-10(8)11;10-7-2-1-6-3-4-9-8(6)5-7/h3-7H,1-2H3;1-5,9-10H. The number of phenolic OH excluding ortho intramolecular Hbond substituents is 1. The average molecular weight is 294 g/mol. The van der Waals surface area contributed by atoms with E-state index in [1.165, 1.54) is 10.9 Å². The van der Waals surface area contributed by atoms with Gasteiger partial charge in [-0.15, -0.1) is 0 Å². The van der Waals surface area contributed by atoms with Crippen LogP contribution in [0, 0.1) is 0 Å². The maximum absolute atomic E-state index is 9.03. The smallest absolute Gasteiger partial charge is 0.120 e. The number of benzene rings is 2. The van der Waals surface area contributed by atoms with E-state index in [0.717, 1.165) is 16.7 Å². The van der Waals surface area contributed by atoms with Crippen LogP contribution in [-0.2, 0) is 7.05 Å². The molecule has 2 heterocycles. The van der Waals surface area contributed by atoms with E-state index in [9.17, 15) is 0 Å². The van der Waals surface area contributed by atoms with Crippen LogP contribution in [0.3, 0.4) is 0 Å². The third kappa shape index (κ3) is 2.76. The van der Waals surface area contributed by atoms with Crippen LogP contribution in [0.25, 0.3) is 21.8 Å². The highest BCUT2D eigenvalue weighted by molar-refractivity contribution is 5.81. The topological polar surface area (TPSA) is 50.2 Å². The van der Waals surface area contributed by atoms with Gasteiger partial charge in [-0.3, -0.25) is 0 Å². The number of fused-ring (bicyclic) bond motifs is 2. The zero-order chi connectivity index (χ0) is 15.5. The minimum Gasteiger partial charge on any atom is -0.508 e. The summed E-state index contributed by atoms with van der Waals surface area (Å²) >= 11 is 0. The Morgan fingerprint density at radius 1 is 1.00 bits per heavy atom. The second kappa shape index (κ2) is 5.85. The van der Waals surface area contributed by atoms with Crippen LogP contribution in [0.5, 0.6) is 11.5 Å². The van der Waals surface area contributed by atoms with E-state index in [-0.39, 0.29) is 0 Å². The fraction of sp³-hybridized carbons (Fsp3) is 0.111. The van der Waals surface area contributed by atoms with Gasteiger partial charge < -0.3 is 19.4 Å². The summed E-state index contributed by atoms with van der Waals surface area (Å²) in [5, 5.41) is 11.4. The minimum absolute atomic E-state index is 0.301. The highest BCUT2D eigenvalue weighted by atomic mass is 16.5. The van der Waals surface area contributed by atoms with E-state index in [4.69, 9.17) is 9.84 Å². The van der Waals surface area contributed by atoms with Crippen molar-refractivity contribution in [2.45, 2.75) is 0 Å². The van der Waals surface area contributed by atoms with Crippen molar-refractivity contribution in [3.8, 4) is 11.5 Å². The summed E-state index contributed by atoms with van der Waals surface area (Å²) in [6.07, 6.45) is 3.90. The van der Waals surface area contributed by atoms with E-state index < -0.39 is 0 Å². The Kier molecular flexibility index (Phi) is 3.74. The van der Waals surface area contributed by atoms with E-state index in [1.54, 1.807) is 19.2 Å². The molecule has 2 aromatic heterocycles. The maximum Gasteiger partial charge on any atom is 0.120 e. The van der Waals surface area contributed by atoms with E-state index in [2.05, 4.69) is 21.7 Å². The van der Waals surface area contributed by atoms with Gasteiger partial charge in [-0.25, -0.2) is 0 Å². The Hall–Kier alpha value is -2.88. The molecule has 0 atom stereocenters. The molecule has 4 heteroatoms. The lowest BCUT2D eigenvalue weighted by molar-refractivity contribution is 0.415. The molecule has 0 fully saturated rings. The van der Waals surface area contributed by atoms with Gasteiger partial charge in [-0.2, -0.15) is 0 Å². The van der Waals surface area contributed by atoms with Crippen molar-refractivity contribution in [1.82, 2.24) is 9.55 Å². The molecule has 22 heavy (non-hydrogen) atoms. The molecule has 4 rings (SSSR count). The van der Waals surface area contributed by atoms with Gasteiger partial charge in [0.15, 0.2) is 0 Å². The molecule has 0 unspecified atom stereocenters. The van der Waals surface area contributed by atoms with Gasteiger partial charge >= 0.3 is 0 Å². The number of aromatic hydroxyl groups is 1. The summed E-state index contributed by atoms with van der Waals surface area (Å²) in [7, 11) is 3.71. The monoisotopic (exact) mass is 294 g/mol. The van der Waals surface area contributed by atoms with Gasteiger partial charge in [0.05, 0.1) is 12.6 Å². The number of ether oxygens (including phenoxy) is 1. The molecule has 112 valence electrons. The molecule has 0 bridgehead atoms. The Bertz CT molecular complexity index is 906. The van der Waals surface area contributed by atoms with Crippen LogP contribution in [0.2, 0.25) is 0 Å². The van der Waals surface area contributed by atoms with Crippen LogP contribution in [0.4, 0.5) is 0 Å². The number of nitrogens with zero attached hydrogens (tertiary/aromatic N) is 1. The molecule has 4 aromatic rings. The molecule has 0 radical (unpaired) electrons. The maximum atomic E-state index is 9.03. The molecule has 0 aliphatic carbocycles. The first-order valence-corrected chi connectivity index (χ1v) is 7.02. The van der Waals surface area contributed by atoms with E-state index in [0.29, 0.717) is 5.75 Å². The van der Waals surface area contributed by atoms with Gasteiger partial charge in [0.2, 0.25) is 0 Å². The number of phenols is 1. The quantitative estimate of drug-likeness (QED) is 0.556. The van der Waals surface area contributed by atoms with Crippen molar-refractivity contribution in [3.05, 3.63) is 60.9 Å². The third-order valence-corrected chi connectivity index (χ3v) is 3.63. The number of H-pyrrole nitrogens is 1. The van der Waals surface area contributed by atoms with Crippen molar-refractivity contribution in [1.29, 1.82) is 0 Å². The van der Waals surface area contributed by atoms with Crippen molar-refractivity contribution >= 4 is 21.8 Å². The third-order valence-electron chi connectivity index (χ3n) is 3.63. The van der Waals surface area contributed by atoms with Gasteiger partial charge in [0.25, 0.3) is 0 Å². The summed E-state index contributed by atoms with van der Waals surface area (Å²) < 4.78 is 7.21. The second-order valence-corrected chi connectivity index (χ2v) is 5.10. The molecule has 0 amide bonds. The van der Waals surface area contributed by atoms with Gasteiger partial charge in [0.1, 0.15) is 11.5 Å². The molecule has 2 N–H and O–H groups in total. The van der Waals surface area contributed by atoms with Gasteiger partial charge in [-0.05, 0) is 47.2 Å². The Balaban J connectivity index is 0.000000133. The zero-order valence-electron chi connectivity index (χ0n) is 12.6. The van der Waals surface area contributed by atoms with Gasteiger partial charge in [0, 0.05) is 37.1 Å². The van der Waals surface area contributed by atoms with E-state index in [1.807, 2.05) is 43.7 Å². The molecule has 0 aliphatic heterocycles. The average Bonchev–Trinajstić information content (AvgIpc) is 3.14.